The van der Waals surface area contributed by atoms with Gasteiger partial charge in [0.15, 0.2) is 0 Å². The van der Waals surface area contributed by atoms with E-state index in [9.17, 15) is 14.4 Å². The van der Waals surface area contributed by atoms with Crippen LogP contribution in [-0.4, -0.2) is 28.9 Å². The van der Waals surface area contributed by atoms with Gasteiger partial charge in [-0.2, -0.15) is 0 Å². The van der Waals surface area contributed by atoms with Crippen LogP contribution in [0.15, 0.2) is 18.2 Å². The molecule has 0 aromatic heterocycles. The van der Waals surface area contributed by atoms with Gasteiger partial charge < -0.3 is 15.7 Å². The minimum Gasteiger partial charge on any atom is -0.478 e. The molecular weight excluding hydrogens is 272 g/mol. The standard InChI is InChI=1S/C12H11ClN2O4/c13-7-5-6(12(18)19)1-2-8(7)15-11(17)9-3-4-10(16)14-9/h1-2,5,9H,3-4H2,(H,14,16)(H,15,17)(H,18,19)/t9-/m0/s1. The number of carbonyl (C=O) groups is 3. The molecule has 1 atom stereocenters. The second kappa shape index (κ2) is 5.27. The average Bonchev–Trinajstić information content (AvgIpc) is 2.78. The number of carboxylic acids is 1. The second-order valence-corrected chi connectivity index (χ2v) is 4.56. The van der Waals surface area contributed by atoms with Gasteiger partial charge in [0.2, 0.25) is 11.8 Å². The third-order valence-electron chi connectivity index (χ3n) is 2.79. The molecule has 1 aromatic carbocycles. The fraction of sp³-hybridized carbons (Fsp3) is 0.250. The number of aromatic carboxylic acids is 1. The Morgan fingerprint density at radius 2 is 2.16 bits per heavy atom. The molecule has 2 amide bonds. The van der Waals surface area contributed by atoms with E-state index in [-0.39, 0.29) is 22.4 Å². The number of anilines is 1. The molecule has 0 bridgehead atoms. The van der Waals surface area contributed by atoms with Gasteiger partial charge in [-0.05, 0) is 24.6 Å². The highest BCUT2D eigenvalue weighted by atomic mass is 35.5. The highest BCUT2D eigenvalue weighted by molar-refractivity contribution is 6.34. The first-order valence-corrected chi connectivity index (χ1v) is 5.98. The van der Waals surface area contributed by atoms with Gasteiger partial charge in [0.25, 0.3) is 0 Å². The summed E-state index contributed by atoms with van der Waals surface area (Å²) in [5.41, 5.74) is 0.356. The maximum absolute atomic E-state index is 11.8. The molecule has 100 valence electrons. The topological polar surface area (TPSA) is 95.5 Å². The smallest absolute Gasteiger partial charge is 0.335 e. The fourth-order valence-electron chi connectivity index (χ4n) is 1.78. The molecule has 19 heavy (non-hydrogen) atoms. The van der Waals surface area contributed by atoms with Gasteiger partial charge in [0.1, 0.15) is 6.04 Å². The van der Waals surface area contributed by atoms with Crippen molar-refractivity contribution < 1.29 is 19.5 Å². The first-order valence-electron chi connectivity index (χ1n) is 5.60. The van der Waals surface area contributed by atoms with Gasteiger partial charge in [-0.1, -0.05) is 11.6 Å². The zero-order valence-electron chi connectivity index (χ0n) is 9.77. The molecule has 1 aliphatic rings. The monoisotopic (exact) mass is 282 g/mol. The number of halogens is 1. The van der Waals surface area contributed by atoms with Crippen molar-refractivity contribution >= 4 is 35.1 Å². The molecule has 0 saturated carbocycles. The summed E-state index contributed by atoms with van der Waals surface area (Å²) in [4.78, 5) is 33.6. The summed E-state index contributed by atoms with van der Waals surface area (Å²) in [5.74, 6) is -1.62. The third-order valence-corrected chi connectivity index (χ3v) is 3.10. The van der Waals surface area contributed by atoms with Gasteiger partial charge in [0.05, 0.1) is 16.3 Å². The lowest BCUT2D eigenvalue weighted by Gasteiger charge is -2.12. The minimum atomic E-state index is -1.09. The van der Waals surface area contributed by atoms with Crippen LogP contribution in [0.2, 0.25) is 5.02 Å². The highest BCUT2D eigenvalue weighted by Gasteiger charge is 2.27. The summed E-state index contributed by atoms with van der Waals surface area (Å²) >= 11 is 5.89. The van der Waals surface area contributed by atoms with Crippen molar-refractivity contribution in [2.45, 2.75) is 18.9 Å². The van der Waals surface area contributed by atoms with Crippen LogP contribution in [0.1, 0.15) is 23.2 Å². The number of rotatable bonds is 3. The Morgan fingerprint density at radius 3 is 2.68 bits per heavy atom. The largest absolute Gasteiger partial charge is 0.478 e. The highest BCUT2D eigenvalue weighted by Crippen LogP contribution is 2.23. The maximum atomic E-state index is 11.8. The van der Waals surface area contributed by atoms with Gasteiger partial charge >= 0.3 is 5.97 Å². The normalized spacial score (nSPS) is 17.9. The molecule has 1 aliphatic heterocycles. The van der Waals surface area contributed by atoms with E-state index in [4.69, 9.17) is 16.7 Å². The molecule has 1 aromatic rings. The number of hydrogen-bond donors (Lipinski definition) is 3. The Bertz CT molecular complexity index is 559. The molecule has 1 fully saturated rings. The number of carboxylic acid groups (broad SMARTS) is 1. The van der Waals surface area contributed by atoms with E-state index in [0.29, 0.717) is 18.5 Å². The molecule has 1 saturated heterocycles. The first kappa shape index (κ1) is 13.4. The van der Waals surface area contributed by atoms with Crippen LogP contribution in [0.25, 0.3) is 0 Å². The van der Waals surface area contributed by atoms with Crippen molar-refractivity contribution in [3.05, 3.63) is 28.8 Å². The lowest BCUT2D eigenvalue weighted by atomic mass is 10.2. The van der Waals surface area contributed by atoms with Crippen LogP contribution in [0.5, 0.6) is 0 Å². The van der Waals surface area contributed by atoms with Crippen LogP contribution in [-0.2, 0) is 9.59 Å². The van der Waals surface area contributed by atoms with Gasteiger partial charge in [-0.3, -0.25) is 9.59 Å². The molecule has 0 spiro atoms. The number of amides is 2. The van der Waals surface area contributed by atoms with E-state index < -0.39 is 12.0 Å². The summed E-state index contributed by atoms with van der Waals surface area (Å²) in [5, 5.41) is 14.0. The van der Waals surface area contributed by atoms with Crippen molar-refractivity contribution in [1.82, 2.24) is 5.32 Å². The van der Waals surface area contributed by atoms with Crippen molar-refractivity contribution in [3.63, 3.8) is 0 Å². The average molecular weight is 283 g/mol. The molecule has 0 unspecified atom stereocenters. The van der Waals surface area contributed by atoms with Gasteiger partial charge in [-0.15, -0.1) is 0 Å². The Labute approximate surface area is 113 Å². The maximum Gasteiger partial charge on any atom is 0.335 e. The van der Waals surface area contributed by atoms with Gasteiger partial charge in [0, 0.05) is 6.42 Å². The number of nitrogens with one attached hydrogen (secondary N) is 2. The van der Waals surface area contributed by atoms with E-state index >= 15 is 0 Å². The molecule has 0 aliphatic carbocycles. The predicted molar refractivity (Wildman–Crippen MR) is 68.2 cm³/mol. The van der Waals surface area contributed by atoms with E-state index in [1.165, 1.54) is 18.2 Å². The zero-order valence-corrected chi connectivity index (χ0v) is 10.5. The van der Waals surface area contributed by atoms with E-state index in [2.05, 4.69) is 10.6 Å². The molecule has 7 heteroatoms. The van der Waals surface area contributed by atoms with Crippen LogP contribution in [0.4, 0.5) is 5.69 Å². The van der Waals surface area contributed by atoms with Gasteiger partial charge in [-0.25, -0.2) is 4.79 Å². The molecule has 0 radical (unpaired) electrons. The number of benzene rings is 1. The van der Waals surface area contributed by atoms with Crippen molar-refractivity contribution in [3.8, 4) is 0 Å². The molecule has 6 nitrogen and oxygen atoms in total. The summed E-state index contributed by atoms with van der Waals surface area (Å²) in [6.45, 7) is 0. The van der Waals surface area contributed by atoms with Crippen molar-refractivity contribution in [1.29, 1.82) is 0 Å². The molecule has 1 heterocycles. The van der Waals surface area contributed by atoms with Crippen molar-refractivity contribution in [2.24, 2.45) is 0 Å². The summed E-state index contributed by atoms with van der Waals surface area (Å²) in [6, 6.07) is 3.45. The zero-order chi connectivity index (χ0) is 14.0. The Hall–Kier alpha value is -2.08. The first-order chi connectivity index (χ1) is 8.97. The predicted octanol–water partition coefficient (Wildman–Crippen LogP) is 1.26. The van der Waals surface area contributed by atoms with E-state index in [1.54, 1.807) is 0 Å². The number of hydrogen-bond acceptors (Lipinski definition) is 3. The van der Waals surface area contributed by atoms with Crippen LogP contribution in [0, 0.1) is 0 Å². The van der Waals surface area contributed by atoms with Crippen LogP contribution >= 0.6 is 11.6 Å². The van der Waals surface area contributed by atoms with Crippen LogP contribution < -0.4 is 10.6 Å². The van der Waals surface area contributed by atoms with E-state index in [0.717, 1.165) is 0 Å². The van der Waals surface area contributed by atoms with Crippen molar-refractivity contribution in [2.75, 3.05) is 5.32 Å². The molecule has 3 N–H and O–H groups in total. The Balaban J connectivity index is 2.09. The lowest BCUT2D eigenvalue weighted by molar-refractivity contribution is -0.122. The van der Waals surface area contributed by atoms with Crippen LogP contribution in [0.3, 0.4) is 0 Å². The minimum absolute atomic E-state index is 0.0390. The molecule has 2 rings (SSSR count). The quantitative estimate of drug-likeness (QED) is 0.777. The number of carbonyl (C=O) groups excluding carboxylic acids is 2. The fourth-order valence-corrected chi connectivity index (χ4v) is 2.01. The third kappa shape index (κ3) is 3.03. The summed E-state index contributed by atoms with van der Waals surface area (Å²) in [6.07, 6.45) is 0.763. The second-order valence-electron chi connectivity index (χ2n) is 4.15. The molecular formula is C12H11ClN2O4. The van der Waals surface area contributed by atoms with E-state index in [1.807, 2.05) is 0 Å². The summed E-state index contributed by atoms with van der Waals surface area (Å²) < 4.78 is 0. The Kier molecular flexibility index (Phi) is 3.71. The Morgan fingerprint density at radius 1 is 1.42 bits per heavy atom. The lowest BCUT2D eigenvalue weighted by Crippen LogP contribution is -2.37. The summed E-state index contributed by atoms with van der Waals surface area (Å²) in [7, 11) is 0. The SMILES string of the molecule is O=C1CC[C@@H](C(=O)Nc2ccc(C(=O)O)cc2Cl)N1.